The highest BCUT2D eigenvalue weighted by Gasteiger charge is 2.14. The first kappa shape index (κ1) is 18.0. The summed E-state index contributed by atoms with van der Waals surface area (Å²) in [6.07, 6.45) is 0.231. The van der Waals surface area contributed by atoms with Crippen LogP contribution in [0.4, 0.5) is 4.79 Å². The Morgan fingerprint density at radius 1 is 1.29 bits per heavy atom. The molecule has 0 aliphatic rings. The van der Waals surface area contributed by atoms with Crippen molar-refractivity contribution in [3.8, 4) is 11.4 Å². The van der Waals surface area contributed by atoms with E-state index in [0.29, 0.717) is 5.75 Å². The van der Waals surface area contributed by atoms with Crippen LogP contribution >= 0.6 is 11.8 Å². The van der Waals surface area contributed by atoms with Crippen LogP contribution in [0.3, 0.4) is 0 Å². The summed E-state index contributed by atoms with van der Waals surface area (Å²) in [4.78, 5) is 22.7. The summed E-state index contributed by atoms with van der Waals surface area (Å²) in [7, 11) is 1.47. The molecule has 8 heteroatoms. The third kappa shape index (κ3) is 4.58. The van der Waals surface area contributed by atoms with Gasteiger partial charge < -0.3 is 9.88 Å². The predicted octanol–water partition coefficient (Wildman–Crippen LogP) is 2.21. The van der Waals surface area contributed by atoms with E-state index < -0.39 is 6.03 Å². The van der Waals surface area contributed by atoms with Crippen LogP contribution in [0.5, 0.6) is 0 Å². The van der Waals surface area contributed by atoms with Crippen LogP contribution < -0.4 is 10.6 Å². The summed E-state index contributed by atoms with van der Waals surface area (Å²) in [6, 6.07) is 7.62. The highest BCUT2D eigenvalue weighted by Crippen LogP contribution is 2.24. The molecule has 0 saturated heterocycles. The molecule has 7 nitrogen and oxygen atoms in total. The zero-order valence-electron chi connectivity index (χ0n) is 14.0. The zero-order valence-corrected chi connectivity index (χ0v) is 14.8. The van der Waals surface area contributed by atoms with E-state index in [1.807, 2.05) is 36.6 Å². The van der Waals surface area contributed by atoms with E-state index in [1.165, 1.54) is 24.4 Å². The quantitative estimate of drug-likeness (QED) is 0.782. The first-order valence-corrected chi connectivity index (χ1v) is 8.68. The molecule has 0 spiro atoms. The summed E-state index contributed by atoms with van der Waals surface area (Å²) in [6.45, 7) is 4.81. The second-order valence-corrected chi connectivity index (χ2v) is 6.21. The van der Waals surface area contributed by atoms with Gasteiger partial charge in [0, 0.05) is 31.3 Å². The van der Waals surface area contributed by atoms with Crippen LogP contribution in [0.15, 0.2) is 29.4 Å². The van der Waals surface area contributed by atoms with Gasteiger partial charge in [0.15, 0.2) is 11.0 Å². The third-order valence-corrected chi connectivity index (χ3v) is 4.32. The first-order chi connectivity index (χ1) is 11.5. The molecule has 0 bridgehead atoms. The Balaban J connectivity index is 2.02. The lowest BCUT2D eigenvalue weighted by atomic mass is 10.1. The smallest absolute Gasteiger partial charge is 0.321 e. The number of benzene rings is 1. The lowest BCUT2D eigenvalue weighted by Gasteiger charge is -2.08. The number of thioether (sulfide) groups is 1. The van der Waals surface area contributed by atoms with E-state index in [4.69, 9.17) is 0 Å². The van der Waals surface area contributed by atoms with Crippen molar-refractivity contribution in [3.63, 3.8) is 0 Å². The van der Waals surface area contributed by atoms with Crippen molar-refractivity contribution >= 4 is 23.7 Å². The second-order valence-electron chi connectivity index (χ2n) is 5.15. The van der Waals surface area contributed by atoms with Gasteiger partial charge in [-0.05, 0) is 19.9 Å². The van der Waals surface area contributed by atoms with Gasteiger partial charge in [-0.3, -0.25) is 10.1 Å². The maximum absolute atomic E-state index is 11.6. The molecule has 0 aliphatic heterocycles. The molecule has 1 heterocycles. The van der Waals surface area contributed by atoms with Gasteiger partial charge in [0.05, 0.1) is 0 Å². The molecule has 3 amide bonds. The predicted molar refractivity (Wildman–Crippen MR) is 93.8 cm³/mol. The molecule has 0 unspecified atom stereocenters. The number of urea groups is 1. The number of nitrogens with zero attached hydrogens (tertiary/aromatic N) is 3. The molecule has 0 fully saturated rings. The van der Waals surface area contributed by atoms with Crippen LogP contribution in [-0.4, -0.2) is 39.5 Å². The number of hydrogen-bond acceptors (Lipinski definition) is 5. The highest BCUT2D eigenvalue weighted by molar-refractivity contribution is 7.99. The summed E-state index contributed by atoms with van der Waals surface area (Å²) >= 11 is 1.45. The number of carbonyl (C=O) groups excluding carboxylic acids is 2. The van der Waals surface area contributed by atoms with Gasteiger partial charge >= 0.3 is 6.03 Å². The van der Waals surface area contributed by atoms with Crippen molar-refractivity contribution in [1.29, 1.82) is 0 Å². The van der Waals surface area contributed by atoms with Gasteiger partial charge in [0.25, 0.3) is 0 Å². The van der Waals surface area contributed by atoms with E-state index in [2.05, 4.69) is 26.9 Å². The van der Waals surface area contributed by atoms with Crippen molar-refractivity contribution in [3.05, 3.63) is 29.8 Å². The van der Waals surface area contributed by atoms with Crippen LogP contribution in [0, 0.1) is 6.92 Å². The minimum absolute atomic E-state index is 0.231. The van der Waals surface area contributed by atoms with Gasteiger partial charge in [-0.15, -0.1) is 10.2 Å². The molecule has 0 aliphatic carbocycles. The highest BCUT2D eigenvalue weighted by atomic mass is 32.2. The standard InChI is InChI=1S/C16H21N5O2S/c1-4-21-14(12-7-5-6-11(2)10-12)19-20-16(21)24-9-8-13(22)18-15(23)17-3/h5-7,10H,4,8-9H2,1-3H3,(H2,17,18,22,23). The van der Waals surface area contributed by atoms with Crippen LogP contribution in [0.25, 0.3) is 11.4 Å². The number of hydrogen-bond donors (Lipinski definition) is 2. The van der Waals surface area contributed by atoms with Crippen LogP contribution in [0.1, 0.15) is 18.9 Å². The van der Waals surface area contributed by atoms with E-state index >= 15 is 0 Å². The van der Waals surface area contributed by atoms with Crippen molar-refractivity contribution in [2.45, 2.75) is 32.0 Å². The maximum atomic E-state index is 11.6. The molecule has 2 N–H and O–H groups in total. The molecule has 128 valence electrons. The minimum Gasteiger partial charge on any atom is -0.341 e. The lowest BCUT2D eigenvalue weighted by Crippen LogP contribution is -2.37. The summed E-state index contributed by atoms with van der Waals surface area (Å²) in [5, 5.41) is 13.9. The molecule has 2 aromatic rings. The second kappa shape index (κ2) is 8.49. The van der Waals surface area contributed by atoms with E-state index in [1.54, 1.807) is 0 Å². The number of aryl methyl sites for hydroxylation is 1. The Labute approximate surface area is 145 Å². The van der Waals surface area contributed by atoms with Crippen molar-refractivity contribution < 1.29 is 9.59 Å². The number of aromatic nitrogens is 3. The first-order valence-electron chi connectivity index (χ1n) is 7.69. The minimum atomic E-state index is -0.497. The largest absolute Gasteiger partial charge is 0.341 e. The number of amides is 3. The molecule has 0 radical (unpaired) electrons. The van der Waals surface area contributed by atoms with Crippen LogP contribution in [0.2, 0.25) is 0 Å². The normalized spacial score (nSPS) is 10.5. The summed E-state index contributed by atoms with van der Waals surface area (Å²) in [5.74, 6) is 1.02. The van der Waals surface area contributed by atoms with E-state index in [9.17, 15) is 9.59 Å². The molecule has 1 aromatic carbocycles. The zero-order chi connectivity index (χ0) is 17.5. The molecule has 2 rings (SSSR count). The Bertz CT molecular complexity index is 729. The van der Waals surface area contributed by atoms with Gasteiger partial charge in [-0.1, -0.05) is 35.5 Å². The molecule has 24 heavy (non-hydrogen) atoms. The summed E-state index contributed by atoms with van der Waals surface area (Å²) in [5.41, 5.74) is 2.19. The molecular weight excluding hydrogens is 326 g/mol. The number of rotatable bonds is 6. The molecule has 0 atom stereocenters. The van der Waals surface area contributed by atoms with Gasteiger partial charge in [-0.2, -0.15) is 0 Å². The Morgan fingerprint density at radius 3 is 2.75 bits per heavy atom. The van der Waals surface area contributed by atoms with Crippen LogP contribution in [-0.2, 0) is 11.3 Å². The fraction of sp³-hybridized carbons (Fsp3) is 0.375. The van der Waals surface area contributed by atoms with Crippen molar-refractivity contribution in [2.24, 2.45) is 0 Å². The van der Waals surface area contributed by atoms with E-state index in [0.717, 1.165) is 23.1 Å². The monoisotopic (exact) mass is 347 g/mol. The third-order valence-electron chi connectivity index (χ3n) is 3.35. The van der Waals surface area contributed by atoms with E-state index in [-0.39, 0.29) is 12.3 Å². The fourth-order valence-corrected chi connectivity index (χ4v) is 3.10. The topological polar surface area (TPSA) is 88.9 Å². The molecular formula is C16H21N5O2S. The fourth-order valence-electron chi connectivity index (χ4n) is 2.16. The average Bonchev–Trinajstić information content (AvgIpc) is 2.97. The van der Waals surface area contributed by atoms with Crippen molar-refractivity contribution in [2.75, 3.05) is 12.8 Å². The Kier molecular flexibility index (Phi) is 6.36. The Hall–Kier alpha value is -2.35. The molecule has 1 aromatic heterocycles. The van der Waals surface area contributed by atoms with Crippen molar-refractivity contribution in [1.82, 2.24) is 25.4 Å². The molecule has 0 saturated carbocycles. The van der Waals surface area contributed by atoms with Gasteiger partial charge in [-0.25, -0.2) is 4.79 Å². The SMILES string of the molecule is CCn1c(SCCC(=O)NC(=O)NC)nnc1-c1cccc(C)c1. The number of imide groups is 1. The average molecular weight is 347 g/mol. The van der Waals surface area contributed by atoms with Gasteiger partial charge in [0.2, 0.25) is 5.91 Å². The lowest BCUT2D eigenvalue weighted by molar-refractivity contribution is -0.119. The number of nitrogens with one attached hydrogen (secondary N) is 2. The van der Waals surface area contributed by atoms with Gasteiger partial charge in [0.1, 0.15) is 0 Å². The summed E-state index contributed by atoms with van der Waals surface area (Å²) < 4.78 is 2.02. The maximum Gasteiger partial charge on any atom is 0.321 e. The Morgan fingerprint density at radius 2 is 2.08 bits per heavy atom. The number of carbonyl (C=O) groups is 2.